The number of nitrogens with two attached hydrogens (primary N) is 1. The van der Waals surface area contributed by atoms with Gasteiger partial charge in [-0.3, -0.25) is 0 Å². The van der Waals surface area contributed by atoms with E-state index in [9.17, 15) is 0 Å². The molecule has 0 aliphatic carbocycles. The lowest BCUT2D eigenvalue weighted by atomic mass is 10.3. The molecule has 3 N–H and O–H groups in total. The van der Waals surface area contributed by atoms with Crippen molar-refractivity contribution in [3.8, 4) is 0 Å². The topological polar surface area (TPSA) is 63.8 Å². The number of anilines is 2. The molecule has 0 unspecified atom stereocenters. The van der Waals surface area contributed by atoms with Gasteiger partial charge in [0.1, 0.15) is 10.8 Å². The zero-order valence-corrected chi connectivity index (χ0v) is 10.2. The first-order valence-electron chi connectivity index (χ1n) is 4.61. The van der Waals surface area contributed by atoms with E-state index in [0.717, 1.165) is 10.0 Å². The summed E-state index contributed by atoms with van der Waals surface area (Å²) < 4.78 is 0. The van der Waals surface area contributed by atoms with Crippen molar-refractivity contribution in [1.82, 2.24) is 9.97 Å². The Labute approximate surface area is 103 Å². The second-order valence-corrected chi connectivity index (χ2v) is 4.85. The van der Waals surface area contributed by atoms with E-state index in [0.29, 0.717) is 16.5 Å². The average Bonchev–Trinajstić information content (AvgIpc) is 2.64. The van der Waals surface area contributed by atoms with Crippen molar-refractivity contribution in [2.24, 2.45) is 5.73 Å². The Morgan fingerprint density at radius 3 is 2.94 bits per heavy atom. The van der Waals surface area contributed by atoms with Gasteiger partial charge in [0.05, 0.1) is 5.69 Å². The molecule has 2 aromatic heterocycles. The fourth-order valence-electron chi connectivity index (χ4n) is 1.16. The highest BCUT2D eigenvalue weighted by Crippen LogP contribution is 2.20. The number of nitrogens with zero attached hydrogens (tertiary/aromatic N) is 2. The van der Waals surface area contributed by atoms with E-state index in [1.165, 1.54) is 0 Å². The van der Waals surface area contributed by atoms with Crippen LogP contribution in [0.25, 0.3) is 0 Å². The monoisotopic (exact) mass is 250 g/mol. The molecule has 0 amide bonds. The normalized spacial score (nSPS) is 10.1. The molecule has 0 bridgehead atoms. The van der Waals surface area contributed by atoms with E-state index in [1.807, 2.05) is 25.3 Å². The van der Waals surface area contributed by atoms with Crippen LogP contribution in [0.3, 0.4) is 0 Å². The number of pyridine rings is 1. The van der Waals surface area contributed by atoms with Crippen LogP contribution in [0.5, 0.6) is 0 Å². The van der Waals surface area contributed by atoms with Crippen molar-refractivity contribution in [2.45, 2.75) is 6.92 Å². The minimum Gasteiger partial charge on any atom is -0.388 e. The number of aromatic nitrogens is 2. The van der Waals surface area contributed by atoms with Crippen LogP contribution in [-0.4, -0.2) is 15.0 Å². The van der Waals surface area contributed by atoms with Gasteiger partial charge in [0.25, 0.3) is 0 Å². The first-order valence-corrected chi connectivity index (χ1v) is 5.84. The van der Waals surface area contributed by atoms with Gasteiger partial charge in [-0.05, 0) is 19.1 Å². The Kier molecular flexibility index (Phi) is 3.12. The van der Waals surface area contributed by atoms with E-state index in [-0.39, 0.29) is 0 Å². The summed E-state index contributed by atoms with van der Waals surface area (Å²) in [5.74, 6) is 0.694. The number of nitrogens with one attached hydrogen (secondary N) is 1. The second-order valence-electron chi connectivity index (χ2n) is 3.17. The highest BCUT2D eigenvalue weighted by atomic mass is 32.1. The molecule has 0 atom stereocenters. The molecule has 0 aliphatic rings. The smallest absolute Gasteiger partial charge is 0.188 e. The van der Waals surface area contributed by atoms with E-state index < -0.39 is 0 Å². The summed E-state index contributed by atoms with van der Waals surface area (Å²) in [5.41, 5.74) is 6.11. The van der Waals surface area contributed by atoms with Crippen molar-refractivity contribution in [2.75, 3.05) is 5.32 Å². The van der Waals surface area contributed by atoms with Crippen LogP contribution >= 0.6 is 23.6 Å². The van der Waals surface area contributed by atoms with Gasteiger partial charge < -0.3 is 11.1 Å². The molecule has 0 aromatic carbocycles. The fourth-order valence-corrected chi connectivity index (χ4v) is 1.95. The van der Waals surface area contributed by atoms with Crippen LogP contribution in [0.4, 0.5) is 10.9 Å². The van der Waals surface area contributed by atoms with Crippen molar-refractivity contribution in [3.63, 3.8) is 0 Å². The molecule has 6 heteroatoms. The summed E-state index contributed by atoms with van der Waals surface area (Å²) in [6.45, 7) is 2.00. The number of hydrogen-bond acceptors (Lipinski definition) is 5. The maximum absolute atomic E-state index is 5.51. The molecule has 4 nitrogen and oxygen atoms in total. The first-order chi connectivity index (χ1) is 7.65. The van der Waals surface area contributed by atoms with Gasteiger partial charge in [-0.1, -0.05) is 18.3 Å². The molecule has 2 aromatic rings. The lowest BCUT2D eigenvalue weighted by molar-refractivity contribution is 1.26. The number of hydrogen-bond donors (Lipinski definition) is 2. The lowest BCUT2D eigenvalue weighted by Gasteiger charge is -2.03. The van der Waals surface area contributed by atoms with Crippen molar-refractivity contribution in [1.29, 1.82) is 0 Å². The minimum atomic E-state index is 0.291. The molecule has 0 saturated carbocycles. The molecule has 0 fully saturated rings. The van der Waals surface area contributed by atoms with Crippen molar-refractivity contribution >= 4 is 39.5 Å². The molecule has 0 aliphatic heterocycles. The maximum Gasteiger partial charge on any atom is 0.188 e. The number of thiocarbonyl (C=S) groups is 1. The number of aryl methyl sites for hydroxylation is 1. The fraction of sp³-hybridized carbons (Fsp3) is 0.100. The van der Waals surface area contributed by atoms with E-state index in [4.69, 9.17) is 18.0 Å². The summed E-state index contributed by atoms with van der Waals surface area (Å²) in [7, 11) is 0. The Morgan fingerprint density at radius 2 is 2.31 bits per heavy atom. The Balaban J connectivity index is 2.21. The summed E-state index contributed by atoms with van der Waals surface area (Å²) in [5, 5.41) is 3.91. The zero-order chi connectivity index (χ0) is 11.5. The predicted molar refractivity (Wildman–Crippen MR) is 70.3 cm³/mol. The average molecular weight is 250 g/mol. The molecule has 16 heavy (non-hydrogen) atoms. The third-order valence-electron chi connectivity index (χ3n) is 1.86. The summed E-state index contributed by atoms with van der Waals surface area (Å²) in [6.07, 6.45) is 1.81. The van der Waals surface area contributed by atoms with Crippen molar-refractivity contribution in [3.05, 3.63) is 35.0 Å². The van der Waals surface area contributed by atoms with Crippen LogP contribution in [0.1, 0.15) is 10.6 Å². The Morgan fingerprint density at radius 1 is 1.50 bits per heavy atom. The molecule has 0 spiro atoms. The zero-order valence-electron chi connectivity index (χ0n) is 8.60. The summed E-state index contributed by atoms with van der Waals surface area (Å²) in [6, 6.07) is 5.48. The highest BCUT2D eigenvalue weighted by Gasteiger charge is 2.02. The maximum atomic E-state index is 5.51. The quantitative estimate of drug-likeness (QED) is 0.818. The summed E-state index contributed by atoms with van der Waals surface area (Å²) >= 11 is 6.44. The highest BCUT2D eigenvalue weighted by molar-refractivity contribution is 7.80. The number of rotatable bonds is 3. The molecular formula is C10H10N4S2. The second kappa shape index (κ2) is 4.54. The van der Waals surface area contributed by atoms with Crippen LogP contribution in [0, 0.1) is 6.92 Å². The Hall–Kier alpha value is -1.53. The third kappa shape index (κ3) is 2.53. The predicted octanol–water partition coefficient (Wildman–Crippen LogP) is 2.22. The molecule has 82 valence electrons. The Bertz CT molecular complexity index is 521. The van der Waals surface area contributed by atoms with Crippen LogP contribution in [0.15, 0.2) is 24.4 Å². The largest absolute Gasteiger partial charge is 0.388 e. The third-order valence-corrected chi connectivity index (χ3v) is 2.90. The molecule has 0 saturated heterocycles. The van der Waals surface area contributed by atoms with Gasteiger partial charge in [-0.25, -0.2) is 9.97 Å². The van der Waals surface area contributed by atoms with Gasteiger partial charge in [0.15, 0.2) is 5.13 Å². The molecular weight excluding hydrogens is 240 g/mol. The SMILES string of the molecule is Cc1cnc(Nc2cccc(C(N)=S)n2)s1. The van der Waals surface area contributed by atoms with E-state index in [2.05, 4.69) is 15.3 Å². The first kappa shape index (κ1) is 11.0. The van der Waals surface area contributed by atoms with Gasteiger partial charge >= 0.3 is 0 Å². The van der Waals surface area contributed by atoms with Gasteiger partial charge in [0, 0.05) is 11.1 Å². The number of thiazole rings is 1. The van der Waals surface area contributed by atoms with Crippen LogP contribution in [0.2, 0.25) is 0 Å². The van der Waals surface area contributed by atoms with E-state index in [1.54, 1.807) is 17.4 Å². The van der Waals surface area contributed by atoms with Crippen molar-refractivity contribution < 1.29 is 0 Å². The molecule has 2 heterocycles. The van der Waals surface area contributed by atoms with Gasteiger partial charge in [0.2, 0.25) is 0 Å². The summed E-state index contributed by atoms with van der Waals surface area (Å²) in [4.78, 5) is 9.89. The van der Waals surface area contributed by atoms with Gasteiger partial charge in [-0.15, -0.1) is 11.3 Å². The molecule has 2 rings (SSSR count). The molecule has 0 radical (unpaired) electrons. The standard InChI is InChI=1S/C10H10N4S2/c1-6-5-12-10(16-6)14-8-4-2-3-7(13-8)9(11)15/h2-5H,1H3,(H2,11,15)(H,12,13,14). The van der Waals surface area contributed by atoms with Crippen LogP contribution in [-0.2, 0) is 0 Å². The van der Waals surface area contributed by atoms with E-state index >= 15 is 0 Å². The minimum absolute atomic E-state index is 0.291. The van der Waals surface area contributed by atoms with Gasteiger partial charge in [-0.2, -0.15) is 0 Å². The van der Waals surface area contributed by atoms with Crippen LogP contribution < -0.4 is 11.1 Å². The lowest BCUT2D eigenvalue weighted by Crippen LogP contribution is -2.11.